The summed E-state index contributed by atoms with van der Waals surface area (Å²) >= 11 is 0. The van der Waals surface area contributed by atoms with Crippen molar-refractivity contribution < 1.29 is 4.79 Å². The number of carbonyl (C=O) groups excluding carboxylic acids is 1. The Morgan fingerprint density at radius 2 is 1.94 bits per heavy atom. The Morgan fingerprint density at radius 3 is 2.41 bits per heavy atom. The van der Waals surface area contributed by atoms with Crippen molar-refractivity contribution in [3.8, 4) is 0 Å². The molecule has 102 valence electrons. The summed E-state index contributed by atoms with van der Waals surface area (Å²) in [6.07, 6.45) is 6.02. The predicted octanol–water partition coefficient (Wildman–Crippen LogP) is 2.62. The summed E-state index contributed by atoms with van der Waals surface area (Å²) in [4.78, 5) is 11.6. The fourth-order valence-electron chi connectivity index (χ4n) is 2.20. The molecule has 1 atom stereocenters. The number of carbonyl (C=O) groups is 1. The SMILES string of the molecule is CC(N)CCC(=O)NC1CCC(C)(C)CC1.Cl. The Bertz CT molecular complexity index is 232. The molecular weight excluding hydrogens is 236 g/mol. The van der Waals surface area contributed by atoms with E-state index in [-0.39, 0.29) is 24.4 Å². The van der Waals surface area contributed by atoms with Gasteiger partial charge in [0.1, 0.15) is 0 Å². The lowest BCUT2D eigenvalue weighted by Crippen LogP contribution is -2.39. The van der Waals surface area contributed by atoms with Crippen LogP contribution in [0.25, 0.3) is 0 Å². The number of nitrogens with two attached hydrogens (primary N) is 1. The molecule has 0 aromatic heterocycles. The molecule has 1 aliphatic rings. The number of rotatable bonds is 4. The van der Waals surface area contributed by atoms with E-state index in [1.807, 2.05) is 6.92 Å². The van der Waals surface area contributed by atoms with Gasteiger partial charge in [-0.3, -0.25) is 4.79 Å². The van der Waals surface area contributed by atoms with Gasteiger partial charge in [-0.15, -0.1) is 12.4 Å². The molecule has 0 spiro atoms. The number of hydrogen-bond acceptors (Lipinski definition) is 2. The average Bonchev–Trinajstić information content (AvgIpc) is 2.18. The number of amides is 1. The highest BCUT2D eigenvalue weighted by molar-refractivity contribution is 5.85. The molecule has 0 aliphatic heterocycles. The zero-order valence-corrected chi connectivity index (χ0v) is 12.1. The van der Waals surface area contributed by atoms with Gasteiger partial charge in [0.05, 0.1) is 0 Å². The van der Waals surface area contributed by atoms with E-state index in [2.05, 4.69) is 19.2 Å². The molecular formula is C13H27ClN2O. The molecule has 17 heavy (non-hydrogen) atoms. The van der Waals surface area contributed by atoms with Crippen LogP contribution in [-0.4, -0.2) is 18.0 Å². The van der Waals surface area contributed by atoms with Crippen LogP contribution in [0, 0.1) is 5.41 Å². The van der Waals surface area contributed by atoms with E-state index in [9.17, 15) is 4.79 Å². The van der Waals surface area contributed by atoms with Crippen molar-refractivity contribution in [2.24, 2.45) is 11.1 Å². The van der Waals surface area contributed by atoms with Crippen molar-refractivity contribution in [2.75, 3.05) is 0 Å². The summed E-state index contributed by atoms with van der Waals surface area (Å²) in [5.41, 5.74) is 6.09. The van der Waals surface area contributed by atoms with Crippen LogP contribution in [-0.2, 0) is 4.79 Å². The highest BCUT2D eigenvalue weighted by Crippen LogP contribution is 2.34. The molecule has 1 rings (SSSR count). The molecule has 0 radical (unpaired) electrons. The predicted molar refractivity (Wildman–Crippen MR) is 74.3 cm³/mol. The van der Waals surface area contributed by atoms with Gasteiger partial charge in [-0.05, 0) is 44.4 Å². The Balaban J connectivity index is 0.00000256. The van der Waals surface area contributed by atoms with Crippen molar-refractivity contribution in [2.45, 2.75) is 71.4 Å². The molecule has 1 fully saturated rings. The molecule has 1 amide bonds. The quantitative estimate of drug-likeness (QED) is 0.818. The maximum atomic E-state index is 11.6. The van der Waals surface area contributed by atoms with Crippen LogP contribution >= 0.6 is 12.4 Å². The summed E-state index contributed by atoms with van der Waals surface area (Å²) < 4.78 is 0. The average molecular weight is 263 g/mol. The molecule has 0 aromatic carbocycles. The Hall–Kier alpha value is -0.280. The van der Waals surface area contributed by atoms with Crippen molar-refractivity contribution in [1.82, 2.24) is 5.32 Å². The lowest BCUT2D eigenvalue weighted by atomic mass is 9.75. The first-order chi connectivity index (χ1) is 7.39. The van der Waals surface area contributed by atoms with E-state index in [1.54, 1.807) is 0 Å². The van der Waals surface area contributed by atoms with Gasteiger partial charge < -0.3 is 11.1 Å². The molecule has 3 N–H and O–H groups in total. The zero-order valence-electron chi connectivity index (χ0n) is 11.3. The minimum absolute atomic E-state index is 0. The lowest BCUT2D eigenvalue weighted by Gasteiger charge is -2.34. The van der Waals surface area contributed by atoms with E-state index in [0.717, 1.165) is 19.3 Å². The van der Waals surface area contributed by atoms with E-state index in [0.29, 0.717) is 17.9 Å². The second-order valence-corrected chi connectivity index (χ2v) is 6.02. The van der Waals surface area contributed by atoms with Crippen LogP contribution in [0.4, 0.5) is 0 Å². The van der Waals surface area contributed by atoms with E-state index in [1.165, 1.54) is 12.8 Å². The largest absolute Gasteiger partial charge is 0.353 e. The smallest absolute Gasteiger partial charge is 0.220 e. The fraction of sp³-hybridized carbons (Fsp3) is 0.923. The summed E-state index contributed by atoms with van der Waals surface area (Å²) in [5.74, 6) is 0.169. The first kappa shape index (κ1) is 16.7. The second-order valence-electron chi connectivity index (χ2n) is 6.02. The molecule has 3 nitrogen and oxygen atoms in total. The van der Waals surface area contributed by atoms with E-state index < -0.39 is 0 Å². The summed E-state index contributed by atoms with van der Waals surface area (Å²) in [7, 11) is 0. The summed E-state index contributed by atoms with van der Waals surface area (Å²) in [5, 5.41) is 3.12. The van der Waals surface area contributed by atoms with Gasteiger partial charge in [-0.1, -0.05) is 13.8 Å². The lowest BCUT2D eigenvalue weighted by molar-refractivity contribution is -0.122. The third-order valence-electron chi connectivity index (χ3n) is 3.53. The first-order valence-corrected chi connectivity index (χ1v) is 6.44. The van der Waals surface area contributed by atoms with Gasteiger partial charge in [0.15, 0.2) is 0 Å². The number of halogens is 1. The van der Waals surface area contributed by atoms with Gasteiger partial charge in [0.2, 0.25) is 5.91 Å². The highest BCUT2D eigenvalue weighted by Gasteiger charge is 2.27. The fourth-order valence-corrected chi connectivity index (χ4v) is 2.20. The Kier molecular flexibility index (Phi) is 7.10. The number of hydrogen-bond donors (Lipinski definition) is 2. The molecule has 1 saturated carbocycles. The minimum Gasteiger partial charge on any atom is -0.353 e. The number of nitrogens with one attached hydrogen (secondary N) is 1. The van der Waals surface area contributed by atoms with E-state index in [4.69, 9.17) is 5.73 Å². The van der Waals surface area contributed by atoms with Crippen LogP contribution in [0.3, 0.4) is 0 Å². The van der Waals surface area contributed by atoms with Gasteiger partial charge in [-0.25, -0.2) is 0 Å². The van der Waals surface area contributed by atoms with Crippen LogP contribution in [0.2, 0.25) is 0 Å². The zero-order chi connectivity index (χ0) is 12.2. The summed E-state index contributed by atoms with van der Waals surface area (Å²) in [6.45, 7) is 6.55. The molecule has 0 heterocycles. The maximum absolute atomic E-state index is 11.6. The van der Waals surface area contributed by atoms with Gasteiger partial charge in [0.25, 0.3) is 0 Å². The normalized spacial score (nSPS) is 21.4. The van der Waals surface area contributed by atoms with Gasteiger partial charge in [0, 0.05) is 18.5 Å². The van der Waals surface area contributed by atoms with Crippen LogP contribution in [0.15, 0.2) is 0 Å². The third-order valence-corrected chi connectivity index (χ3v) is 3.53. The first-order valence-electron chi connectivity index (χ1n) is 6.44. The van der Waals surface area contributed by atoms with Gasteiger partial charge >= 0.3 is 0 Å². The van der Waals surface area contributed by atoms with Crippen molar-refractivity contribution in [1.29, 1.82) is 0 Å². The van der Waals surface area contributed by atoms with Crippen LogP contribution < -0.4 is 11.1 Å². The Morgan fingerprint density at radius 1 is 1.41 bits per heavy atom. The van der Waals surface area contributed by atoms with Crippen molar-refractivity contribution >= 4 is 18.3 Å². The standard InChI is InChI=1S/C13H26N2O.ClH/c1-10(14)4-5-12(16)15-11-6-8-13(2,3)9-7-11;/h10-11H,4-9,14H2,1-3H3,(H,15,16);1H. The molecule has 0 saturated heterocycles. The van der Waals surface area contributed by atoms with Crippen molar-refractivity contribution in [3.63, 3.8) is 0 Å². The monoisotopic (exact) mass is 262 g/mol. The van der Waals surface area contributed by atoms with Crippen LogP contribution in [0.1, 0.15) is 59.3 Å². The third kappa shape index (κ3) is 6.89. The summed E-state index contributed by atoms with van der Waals surface area (Å²) in [6, 6.07) is 0.518. The van der Waals surface area contributed by atoms with Crippen molar-refractivity contribution in [3.05, 3.63) is 0 Å². The molecule has 4 heteroatoms. The minimum atomic E-state index is 0. The van der Waals surface area contributed by atoms with E-state index >= 15 is 0 Å². The highest BCUT2D eigenvalue weighted by atomic mass is 35.5. The molecule has 0 aromatic rings. The molecule has 1 unspecified atom stereocenters. The Labute approximate surface area is 111 Å². The van der Waals surface area contributed by atoms with Gasteiger partial charge in [-0.2, -0.15) is 0 Å². The maximum Gasteiger partial charge on any atom is 0.220 e. The molecule has 1 aliphatic carbocycles. The van der Waals surface area contributed by atoms with Crippen LogP contribution in [0.5, 0.6) is 0 Å². The topological polar surface area (TPSA) is 55.1 Å². The molecule has 0 bridgehead atoms. The second kappa shape index (κ2) is 7.22.